The number of hydrogen-bond acceptors (Lipinski definition) is 3. The minimum atomic E-state index is 0.179. The van der Waals surface area contributed by atoms with Gasteiger partial charge in [0.05, 0.1) is 18.3 Å². The molecular weight excluding hydrogens is 346 g/mol. The van der Waals surface area contributed by atoms with Crippen molar-refractivity contribution >= 4 is 11.6 Å². The number of pyridine rings is 1. The largest absolute Gasteiger partial charge is 0.307 e. The Balaban J connectivity index is 1.49. The molecule has 28 heavy (non-hydrogen) atoms. The highest BCUT2D eigenvalue weighted by molar-refractivity contribution is 5.95. The summed E-state index contributed by atoms with van der Waals surface area (Å²) in [6, 6.07) is 13.3. The molecule has 148 valence electrons. The van der Waals surface area contributed by atoms with Gasteiger partial charge in [-0.05, 0) is 50.3 Å². The first-order chi connectivity index (χ1) is 13.7. The summed E-state index contributed by atoms with van der Waals surface area (Å²) in [5.41, 5.74) is 3.21. The first kappa shape index (κ1) is 19.1. The van der Waals surface area contributed by atoms with E-state index in [0.717, 1.165) is 43.2 Å². The Morgan fingerprint density at radius 2 is 1.89 bits per heavy atom. The van der Waals surface area contributed by atoms with Gasteiger partial charge in [0, 0.05) is 31.4 Å². The molecule has 0 spiro atoms. The second kappa shape index (κ2) is 8.87. The number of likely N-dealkylation sites (tertiary alicyclic amines) is 1. The predicted molar refractivity (Wildman–Crippen MR) is 113 cm³/mol. The Kier molecular flexibility index (Phi) is 6.06. The molecule has 1 aliphatic carbocycles. The number of carbonyl (C=O) groups excluding carboxylic acids is 1. The number of anilines is 1. The lowest BCUT2D eigenvalue weighted by Crippen LogP contribution is -2.50. The number of aryl methyl sites for hydroxylation is 1. The predicted octanol–water partition coefficient (Wildman–Crippen LogP) is 4.37. The molecule has 0 atom stereocenters. The number of nitrogens with zero attached hydrogens (tertiary/aromatic N) is 3. The molecule has 2 fully saturated rings. The fourth-order valence-electron chi connectivity index (χ4n) is 4.92. The summed E-state index contributed by atoms with van der Waals surface area (Å²) in [6.45, 7) is 4.28. The van der Waals surface area contributed by atoms with Crippen molar-refractivity contribution in [1.29, 1.82) is 0 Å². The molecule has 2 heterocycles. The van der Waals surface area contributed by atoms with Crippen LogP contribution in [0.2, 0.25) is 0 Å². The van der Waals surface area contributed by atoms with Crippen molar-refractivity contribution in [2.75, 3.05) is 18.0 Å². The Morgan fingerprint density at radius 3 is 2.57 bits per heavy atom. The average molecular weight is 378 g/mol. The van der Waals surface area contributed by atoms with E-state index in [9.17, 15) is 4.79 Å². The van der Waals surface area contributed by atoms with E-state index >= 15 is 0 Å². The van der Waals surface area contributed by atoms with Crippen LogP contribution in [0, 0.1) is 6.92 Å². The number of amides is 1. The van der Waals surface area contributed by atoms with Crippen molar-refractivity contribution in [2.45, 2.75) is 64.0 Å². The Labute approximate surface area is 168 Å². The number of carbonyl (C=O) groups is 1. The minimum Gasteiger partial charge on any atom is -0.307 e. The Hall–Kier alpha value is -2.20. The van der Waals surface area contributed by atoms with Crippen LogP contribution in [0.4, 0.5) is 5.69 Å². The summed E-state index contributed by atoms with van der Waals surface area (Å²) in [7, 11) is 0. The summed E-state index contributed by atoms with van der Waals surface area (Å²) in [5.74, 6) is 0.179. The van der Waals surface area contributed by atoms with Gasteiger partial charge in [-0.15, -0.1) is 0 Å². The van der Waals surface area contributed by atoms with Gasteiger partial charge < -0.3 is 9.80 Å². The van der Waals surface area contributed by atoms with E-state index in [-0.39, 0.29) is 11.9 Å². The first-order valence-corrected chi connectivity index (χ1v) is 10.7. The zero-order chi connectivity index (χ0) is 19.3. The van der Waals surface area contributed by atoms with E-state index in [0.29, 0.717) is 6.42 Å². The van der Waals surface area contributed by atoms with E-state index in [1.165, 1.54) is 31.2 Å². The van der Waals surface area contributed by atoms with Gasteiger partial charge >= 0.3 is 0 Å². The molecule has 2 aromatic rings. The fourth-order valence-corrected chi connectivity index (χ4v) is 4.92. The van der Waals surface area contributed by atoms with Crippen molar-refractivity contribution in [3.8, 4) is 0 Å². The molecule has 4 rings (SSSR count). The molecule has 4 nitrogen and oxygen atoms in total. The molecule has 4 heteroatoms. The van der Waals surface area contributed by atoms with Gasteiger partial charge in [-0.25, -0.2) is 0 Å². The Bertz CT molecular complexity index is 777. The lowest BCUT2D eigenvalue weighted by atomic mass is 9.99. The van der Waals surface area contributed by atoms with E-state index in [2.05, 4.69) is 35.0 Å². The Morgan fingerprint density at radius 1 is 1.11 bits per heavy atom. The zero-order valence-corrected chi connectivity index (χ0v) is 16.9. The second-order valence-corrected chi connectivity index (χ2v) is 8.35. The normalized spacial score (nSPS) is 19.0. The van der Waals surface area contributed by atoms with Gasteiger partial charge in [-0.3, -0.25) is 9.78 Å². The van der Waals surface area contributed by atoms with Crippen molar-refractivity contribution in [1.82, 2.24) is 9.88 Å². The van der Waals surface area contributed by atoms with E-state index in [1.54, 1.807) is 6.20 Å². The molecule has 0 unspecified atom stereocenters. The standard InChI is InChI=1S/C24H31N3O/c1-19-6-4-7-20(16-19)17-24(28)27(23-10-5-13-25-18-23)22-11-14-26(15-12-22)21-8-2-3-9-21/h4-7,10,13,16,18,21-22H,2-3,8-9,11-12,14-15,17H2,1H3. The zero-order valence-electron chi connectivity index (χ0n) is 16.9. The maximum Gasteiger partial charge on any atom is 0.231 e. The van der Waals surface area contributed by atoms with Crippen molar-refractivity contribution in [3.05, 3.63) is 59.9 Å². The molecular formula is C24H31N3O. The molecule has 1 saturated carbocycles. The van der Waals surface area contributed by atoms with Gasteiger partial charge in [-0.2, -0.15) is 0 Å². The average Bonchev–Trinajstić information content (AvgIpc) is 3.24. The molecule has 1 aliphatic heterocycles. The minimum absolute atomic E-state index is 0.179. The smallest absolute Gasteiger partial charge is 0.231 e. The lowest BCUT2D eigenvalue weighted by Gasteiger charge is -2.40. The van der Waals surface area contributed by atoms with E-state index in [1.807, 2.05) is 29.3 Å². The maximum atomic E-state index is 13.3. The molecule has 1 amide bonds. The van der Waals surface area contributed by atoms with Gasteiger partial charge in [0.15, 0.2) is 0 Å². The summed E-state index contributed by atoms with van der Waals surface area (Å²) >= 11 is 0. The third-order valence-corrected chi connectivity index (χ3v) is 6.34. The van der Waals surface area contributed by atoms with Crippen LogP contribution in [0.5, 0.6) is 0 Å². The van der Waals surface area contributed by atoms with Crippen molar-refractivity contribution in [2.24, 2.45) is 0 Å². The van der Waals surface area contributed by atoms with Crippen LogP contribution in [-0.2, 0) is 11.2 Å². The van der Waals surface area contributed by atoms with Crippen LogP contribution in [0.3, 0.4) is 0 Å². The molecule has 0 bridgehead atoms. The van der Waals surface area contributed by atoms with Crippen LogP contribution in [-0.4, -0.2) is 41.0 Å². The third kappa shape index (κ3) is 4.44. The van der Waals surface area contributed by atoms with E-state index in [4.69, 9.17) is 0 Å². The van der Waals surface area contributed by atoms with Crippen LogP contribution in [0.15, 0.2) is 48.8 Å². The summed E-state index contributed by atoms with van der Waals surface area (Å²) in [5, 5.41) is 0. The van der Waals surface area contributed by atoms with Gasteiger partial charge in [0.1, 0.15) is 0 Å². The number of rotatable bonds is 5. The van der Waals surface area contributed by atoms with E-state index < -0.39 is 0 Å². The molecule has 0 N–H and O–H groups in total. The molecule has 2 aliphatic rings. The number of benzene rings is 1. The van der Waals surface area contributed by atoms with Crippen LogP contribution in [0.25, 0.3) is 0 Å². The summed E-state index contributed by atoms with van der Waals surface area (Å²) in [4.78, 5) is 22.3. The van der Waals surface area contributed by atoms with Crippen LogP contribution >= 0.6 is 0 Å². The maximum absolute atomic E-state index is 13.3. The van der Waals surface area contributed by atoms with Gasteiger partial charge in [0.2, 0.25) is 5.91 Å². The molecule has 1 saturated heterocycles. The lowest BCUT2D eigenvalue weighted by molar-refractivity contribution is -0.118. The highest BCUT2D eigenvalue weighted by Gasteiger charge is 2.32. The second-order valence-electron chi connectivity index (χ2n) is 8.35. The fraction of sp³-hybridized carbons (Fsp3) is 0.500. The monoisotopic (exact) mass is 377 g/mol. The van der Waals surface area contributed by atoms with Crippen LogP contribution < -0.4 is 4.90 Å². The summed E-state index contributed by atoms with van der Waals surface area (Å²) in [6.07, 6.45) is 11.6. The van der Waals surface area contributed by atoms with Crippen molar-refractivity contribution in [3.63, 3.8) is 0 Å². The van der Waals surface area contributed by atoms with Gasteiger partial charge in [0.25, 0.3) is 0 Å². The SMILES string of the molecule is Cc1cccc(CC(=O)N(c2cccnc2)C2CCN(C3CCCC3)CC2)c1. The third-order valence-electron chi connectivity index (χ3n) is 6.34. The molecule has 0 radical (unpaired) electrons. The highest BCUT2D eigenvalue weighted by atomic mass is 16.2. The topological polar surface area (TPSA) is 36.4 Å². The molecule has 1 aromatic heterocycles. The highest BCUT2D eigenvalue weighted by Crippen LogP contribution is 2.29. The molecule has 1 aromatic carbocycles. The quantitative estimate of drug-likeness (QED) is 0.776. The first-order valence-electron chi connectivity index (χ1n) is 10.7. The summed E-state index contributed by atoms with van der Waals surface area (Å²) < 4.78 is 0. The number of aromatic nitrogens is 1. The van der Waals surface area contributed by atoms with Gasteiger partial charge in [-0.1, -0.05) is 42.7 Å². The number of piperidine rings is 1. The van der Waals surface area contributed by atoms with Crippen molar-refractivity contribution < 1.29 is 4.79 Å². The van der Waals surface area contributed by atoms with Crippen LogP contribution in [0.1, 0.15) is 49.7 Å². The number of hydrogen-bond donors (Lipinski definition) is 0.